The maximum atomic E-state index is 14.0. The molecule has 0 unspecified atom stereocenters. The molecule has 0 aliphatic rings. The number of nitrogens with zero attached hydrogens (tertiary/aromatic N) is 3. The molecule has 0 spiro atoms. The Morgan fingerprint density at radius 3 is 2.21 bits per heavy atom. The van der Waals surface area contributed by atoms with E-state index in [0.29, 0.717) is 22.1 Å². The molecule has 2 aromatic heterocycles. The predicted molar refractivity (Wildman–Crippen MR) is 120 cm³/mol. The number of para-hydroxylation sites is 1. The lowest BCUT2D eigenvalue weighted by molar-refractivity contribution is -0.136. The summed E-state index contributed by atoms with van der Waals surface area (Å²) < 4.78 is 47.7. The van der Waals surface area contributed by atoms with Crippen LogP contribution in [0.15, 0.2) is 83.3 Å². The van der Waals surface area contributed by atoms with E-state index in [9.17, 15) is 13.2 Å². The van der Waals surface area contributed by atoms with Gasteiger partial charge in [-0.3, -0.25) is 0 Å². The Labute approximate surface area is 186 Å². The number of benzene rings is 3. The number of aryl methyl sites for hydroxylation is 1. The molecule has 8 heteroatoms. The zero-order valence-electron chi connectivity index (χ0n) is 17.4. The first kappa shape index (κ1) is 20.7. The van der Waals surface area contributed by atoms with Crippen molar-refractivity contribution in [3.63, 3.8) is 0 Å². The number of aromatic nitrogens is 3. The lowest BCUT2D eigenvalue weighted by Crippen LogP contribution is -2.08. The van der Waals surface area contributed by atoms with Gasteiger partial charge >= 0.3 is 12.2 Å². The van der Waals surface area contributed by atoms with Gasteiger partial charge in [0.1, 0.15) is 5.69 Å². The molecule has 2 heterocycles. The second kappa shape index (κ2) is 8.05. The highest BCUT2D eigenvalue weighted by Gasteiger charge is 2.34. The van der Waals surface area contributed by atoms with Crippen LogP contribution < -0.4 is 5.32 Å². The minimum atomic E-state index is -4.59. The first-order valence-corrected chi connectivity index (χ1v) is 10.1. The van der Waals surface area contributed by atoms with E-state index in [0.717, 1.165) is 11.8 Å². The smallest absolute Gasteiger partial charge is 0.401 e. The number of alkyl halides is 3. The van der Waals surface area contributed by atoms with Crippen molar-refractivity contribution in [1.29, 1.82) is 0 Å². The fourth-order valence-corrected chi connectivity index (χ4v) is 3.64. The molecule has 0 aliphatic heterocycles. The molecular weight excluding hydrogens is 429 g/mol. The number of rotatable bonds is 4. The first-order chi connectivity index (χ1) is 15.9. The summed E-state index contributed by atoms with van der Waals surface area (Å²) in [5.74, 6) is 0.0266. The Bertz CT molecular complexity index is 1430. The first-order valence-electron chi connectivity index (χ1n) is 10.1. The standard InChI is InChI=1S/C25H17F3N4O/c1-15-12-21(23-31-32-24(33-23)29-18-10-6-3-7-11-18)30-22-19(15)13-17(14-20(22)25(26,27)28)16-8-4-2-5-9-16/h2-14H,1H3,(H,29,32). The Morgan fingerprint density at radius 2 is 1.52 bits per heavy atom. The number of pyridine rings is 1. The largest absolute Gasteiger partial charge is 0.418 e. The predicted octanol–water partition coefficient (Wildman–Crippen LogP) is 7.02. The Balaban J connectivity index is 1.61. The fourth-order valence-electron chi connectivity index (χ4n) is 3.64. The number of nitrogens with one attached hydrogen (secondary N) is 1. The van der Waals surface area contributed by atoms with E-state index in [1.54, 1.807) is 43.3 Å². The number of fused-ring (bicyclic) bond motifs is 1. The van der Waals surface area contributed by atoms with E-state index in [2.05, 4.69) is 20.5 Å². The SMILES string of the molecule is Cc1cc(-c2nnc(Nc3ccccc3)o2)nc2c(C(F)(F)F)cc(-c3ccccc3)cc12. The van der Waals surface area contributed by atoms with Gasteiger partial charge in [-0.1, -0.05) is 53.6 Å². The molecule has 3 aromatic carbocycles. The zero-order valence-corrected chi connectivity index (χ0v) is 17.4. The lowest BCUT2D eigenvalue weighted by Gasteiger charge is -2.15. The summed E-state index contributed by atoms with van der Waals surface area (Å²) in [6.45, 7) is 1.74. The van der Waals surface area contributed by atoms with Gasteiger partial charge in [0.25, 0.3) is 5.89 Å². The van der Waals surface area contributed by atoms with Crippen molar-refractivity contribution in [3.8, 4) is 22.7 Å². The molecule has 0 radical (unpaired) electrons. The zero-order chi connectivity index (χ0) is 23.0. The van der Waals surface area contributed by atoms with Crippen LogP contribution in [0.2, 0.25) is 0 Å². The molecule has 5 aromatic rings. The maximum Gasteiger partial charge on any atom is 0.418 e. The molecule has 5 rings (SSSR count). The van der Waals surface area contributed by atoms with Crippen LogP contribution in [0.4, 0.5) is 24.9 Å². The molecule has 0 fully saturated rings. The monoisotopic (exact) mass is 446 g/mol. The molecular formula is C25H17F3N4O. The fraction of sp³-hybridized carbons (Fsp3) is 0.0800. The van der Waals surface area contributed by atoms with Gasteiger partial charge in [0, 0.05) is 11.1 Å². The maximum absolute atomic E-state index is 14.0. The molecule has 33 heavy (non-hydrogen) atoms. The van der Waals surface area contributed by atoms with E-state index in [1.807, 2.05) is 36.4 Å². The lowest BCUT2D eigenvalue weighted by atomic mass is 9.97. The van der Waals surface area contributed by atoms with Crippen LogP contribution in [0, 0.1) is 6.92 Å². The molecule has 0 atom stereocenters. The van der Waals surface area contributed by atoms with Crippen LogP contribution in [0.25, 0.3) is 33.6 Å². The summed E-state index contributed by atoms with van der Waals surface area (Å²) in [6, 6.07) is 22.8. The molecule has 0 saturated heterocycles. The summed E-state index contributed by atoms with van der Waals surface area (Å²) >= 11 is 0. The number of halogens is 3. The average molecular weight is 446 g/mol. The second-order valence-corrected chi connectivity index (χ2v) is 7.51. The highest BCUT2D eigenvalue weighted by Crippen LogP contribution is 2.39. The third-order valence-electron chi connectivity index (χ3n) is 5.20. The quantitative estimate of drug-likeness (QED) is 0.321. The molecule has 164 valence electrons. The van der Waals surface area contributed by atoms with Gasteiger partial charge in [-0.2, -0.15) is 13.2 Å². The van der Waals surface area contributed by atoms with Crippen LogP contribution in [-0.2, 0) is 6.18 Å². The summed E-state index contributed by atoms with van der Waals surface area (Å²) in [5, 5.41) is 11.3. The van der Waals surface area contributed by atoms with Crippen molar-refractivity contribution in [1.82, 2.24) is 15.2 Å². The van der Waals surface area contributed by atoms with Gasteiger partial charge in [-0.05, 0) is 53.9 Å². The number of anilines is 2. The normalized spacial score (nSPS) is 11.6. The van der Waals surface area contributed by atoms with Crippen molar-refractivity contribution in [2.24, 2.45) is 0 Å². The molecule has 0 bridgehead atoms. The van der Waals surface area contributed by atoms with E-state index >= 15 is 0 Å². The van der Waals surface area contributed by atoms with Gasteiger partial charge in [0.2, 0.25) is 0 Å². The topological polar surface area (TPSA) is 63.8 Å². The van der Waals surface area contributed by atoms with Gasteiger partial charge < -0.3 is 9.73 Å². The molecule has 1 N–H and O–H groups in total. The van der Waals surface area contributed by atoms with Gasteiger partial charge in [0.05, 0.1) is 11.1 Å². The highest BCUT2D eigenvalue weighted by atomic mass is 19.4. The number of hydrogen-bond acceptors (Lipinski definition) is 5. The van der Waals surface area contributed by atoms with E-state index < -0.39 is 11.7 Å². The van der Waals surface area contributed by atoms with Crippen LogP contribution in [0.5, 0.6) is 0 Å². The van der Waals surface area contributed by atoms with Crippen molar-refractivity contribution < 1.29 is 17.6 Å². The highest BCUT2D eigenvalue weighted by molar-refractivity contribution is 5.91. The van der Waals surface area contributed by atoms with Gasteiger partial charge in [-0.25, -0.2) is 4.98 Å². The van der Waals surface area contributed by atoms with Crippen LogP contribution >= 0.6 is 0 Å². The summed E-state index contributed by atoms with van der Waals surface area (Å²) in [5.41, 5.74) is 1.73. The van der Waals surface area contributed by atoms with Crippen LogP contribution in [-0.4, -0.2) is 15.2 Å². The molecule has 0 aliphatic carbocycles. The molecule has 5 nitrogen and oxygen atoms in total. The summed E-state index contributed by atoms with van der Waals surface area (Å²) in [7, 11) is 0. The van der Waals surface area contributed by atoms with Crippen molar-refractivity contribution in [2.75, 3.05) is 5.32 Å². The second-order valence-electron chi connectivity index (χ2n) is 7.51. The third kappa shape index (κ3) is 4.15. The van der Waals surface area contributed by atoms with Gasteiger partial charge in [0.15, 0.2) is 0 Å². The van der Waals surface area contributed by atoms with E-state index in [1.165, 1.54) is 0 Å². The van der Waals surface area contributed by atoms with Crippen molar-refractivity contribution >= 4 is 22.6 Å². The third-order valence-corrected chi connectivity index (χ3v) is 5.20. The minimum absolute atomic E-state index is 0.0266. The average Bonchev–Trinajstić information content (AvgIpc) is 3.27. The summed E-state index contributed by atoms with van der Waals surface area (Å²) in [6.07, 6.45) is -4.59. The Kier molecular flexibility index (Phi) is 5.05. The molecule has 0 saturated carbocycles. The van der Waals surface area contributed by atoms with Crippen molar-refractivity contribution in [3.05, 3.63) is 90.0 Å². The van der Waals surface area contributed by atoms with Crippen LogP contribution in [0.1, 0.15) is 11.1 Å². The van der Waals surface area contributed by atoms with E-state index in [-0.39, 0.29) is 23.1 Å². The Morgan fingerprint density at radius 1 is 0.818 bits per heavy atom. The van der Waals surface area contributed by atoms with E-state index in [4.69, 9.17) is 4.42 Å². The minimum Gasteiger partial charge on any atom is -0.401 e. The molecule has 0 amide bonds. The van der Waals surface area contributed by atoms with Gasteiger partial charge in [-0.15, -0.1) is 5.10 Å². The Hall–Kier alpha value is -4.20. The number of hydrogen-bond donors (Lipinski definition) is 1. The van der Waals surface area contributed by atoms with Crippen molar-refractivity contribution in [2.45, 2.75) is 13.1 Å². The summed E-state index contributed by atoms with van der Waals surface area (Å²) in [4.78, 5) is 4.28. The van der Waals surface area contributed by atoms with Crippen LogP contribution in [0.3, 0.4) is 0 Å².